The van der Waals surface area contributed by atoms with Gasteiger partial charge in [0.25, 0.3) is 0 Å². The van der Waals surface area contributed by atoms with Gasteiger partial charge in [0, 0.05) is 19.6 Å². The van der Waals surface area contributed by atoms with Crippen LogP contribution < -0.4 is 4.74 Å². The zero-order valence-electron chi connectivity index (χ0n) is 12.4. The second kappa shape index (κ2) is 5.80. The molecule has 112 valence electrons. The van der Waals surface area contributed by atoms with E-state index in [1.54, 1.807) is 6.07 Å². The van der Waals surface area contributed by atoms with Crippen molar-refractivity contribution in [3.63, 3.8) is 0 Å². The molecule has 1 aromatic carbocycles. The van der Waals surface area contributed by atoms with Gasteiger partial charge >= 0.3 is 0 Å². The van der Waals surface area contributed by atoms with Crippen molar-refractivity contribution in [1.82, 2.24) is 4.90 Å². The number of phenolic OH excluding ortho intramolecular Hbond substituents is 1. The summed E-state index contributed by atoms with van der Waals surface area (Å²) in [6.45, 7) is 8.77. The predicted molar refractivity (Wildman–Crippen MR) is 79.6 cm³/mol. The van der Waals surface area contributed by atoms with Gasteiger partial charge in [0.15, 0.2) is 11.5 Å². The van der Waals surface area contributed by atoms with Gasteiger partial charge < -0.3 is 14.6 Å². The van der Waals surface area contributed by atoms with Crippen molar-refractivity contribution in [1.29, 1.82) is 0 Å². The normalized spacial score (nSPS) is 22.8. The molecule has 0 aromatic heterocycles. The molecule has 1 aliphatic heterocycles. The number of nitrogens with zero attached hydrogens (tertiary/aromatic N) is 1. The van der Waals surface area contributed by atoms with Gasteiger partial charge in [0.1, 0.15) is 0 Å². The summed E-state index contributed by atoms with van der Waals surface area (Å²) in [5, 5.41) is 10.1. The third-order valence-corrected chi connectivity index (χ3v) is 3.64. The zero-order chi connectivity index (χ0) is 14.9. The number of halogens is 1. The third-order valence-electron chi connectivity index (χ3n) is 3.35. The van der Waals surface area contributed by atoms with Crippen molar-refractivity contribution in [2.24, 2.45) is 0 Å². The van der Waals surface area contributed by atoms with Crippen LogP contribution >= 0.6 is 11.6 Å². The lowest BCUT2D eigenvalue weighted by atomic mass is 10.0. The van der Waals surface area contributed by atoms with Crippen LogP contribution in [0.5, 0.6) is 11.5 Å². The molecule has 1 atom stereocenters. The standard InChI is InChI=1S/C15H22ClNO3/c1-10-7-17(9-15(2,3)20-10)8-11-5-12(16)14(18)13(6-11)19-4/h5-6,10,18H,7-9H2,1-4H3. The Morgan fingerprint density at radius 3 is 2.80 bits per heavy atom. The molecule has 1 saturated heterocycles. The van der Waals surface area contributed by atoms with Gasteiger partial charge in [-0.05, 0) is 38.5 Å². The molecule has 20 heavy (non-hydrogen) atoms. The summed E-state index contributed by atoms with van der Waals surface area (Å²) in [4.78, 5) is 2.33. The molecule has 0 radical (unpaired) electrons. The van der Waals surface area contributed by atoms with Gasteiger partial charge in [0.05, 0.1) is 23.8 Å². The highest BCUT2D eigenvalue weighted by atomic mass is 35.5. The molecule has 1 unspecified atom stereocenters. The average molecular weight is 300 g/mol. The molecule has 0 spiro atoms. The zero-order valence-corrected chi connectivity index (χ0v) is 13.2. The maximum Gasteiger partial charge on any atom is 0.176 e. The summed E-state index contributed by atoms with van der Waals surface area (Å²) >= 11 is 6.03. The smallest absolute Gasteiger partial charge is 0.176 e. The molecular weight excluding hydrogens is 278 g/mol. The van der Waals surface area contributed by atoms with Gasteiger partial charge in [0.2, 0.25) is 0 Å². The molecule has 1 fully saturated rings. The molecule has 0 saturated carbocycles. The Labute approximate surface area is 125 Å². The summed E-state index contributed by atoms with van der Waals surface area (Å²) in [6, 6.07) is 3.61. The lowest BCUT2D eigenvalue weighted by molar-refractivity contribution is -0.130. The number of hydrogen-bond acceptors (Lipinski definition) is 4. The molecule has 1 aromatic rings. The second-order valence-electron chi connectivity index (χ2n) is 5.99. The van der Waals surface area contributed by atoms with E-state index in [0.717, 1.165) is 25.2 Å². The van der Waals surface area contributed by atoms with Crippen molar-refractivity contribution >= 4 is 11.6 Å². The minimum absolute atomic E-state index is 0.00593. The predicted octanol–water partition coefficient (Wildman–Crippen LogP) is 3.05. The Balaban J connectivity index is 2.15. The average Bonchev–Trinajstić information content (AvgIpc) is 2.30. The van der Waals surface area contributed by atoms with Gasteiger partial charge in [-0.15, -0.1) is 0 Å². The van der Waals surface area contributed by atoms with Crippen LogP contribution in [0.25, 0.3) is 0 Å². The van der Waals surface area contributed by atoms with E-state index in [1.807, 2.05) is 6.07 Å². The van der Waals surface area contributed by atoms with Crippen LogP contribution in [-0.4, -0.2) is 41.9 Å². The van der Waals surface area contributed by atoms with Gasteiger partial charge in [-0.1, -0.05) is 11.6 Å². The Morgan fingerprint density at radius 1 is 1.50 bits per heavy atom. The van der Waals surface area contributed by atoms with E-state index < -0.39 is 0 Å². The Hall–Kier alpha value is -0.970. The Bertz CT molecular complexity index is 490. The van der Waals surface area contributed by atoms with Crippen molar-refractivity contribution in [2.45, 2.75) is 39.0 Å². The van der Waals surface area contributed by atoms with Crippen LogP contribution in [0.1, 0.15) is 26.3 Å². The second-order valence-corrected chi connectivity index (χ2v) is 6.39. The fourth-order valence-corrected chi connectivity index (χ4v) is 3.07. The monoisotopic (exact) mass is 299 g/mol. The molecular formula is C15H22ClNO3. The van der Waals surface area contributed by atoms with Gasteiger partial charge in [-0.2, -0.15) is 0 Å². The number of ether oxygens (including phenoxy) is 2. The van der Waals surface area contributed by atoms with E-state index >= 15 is 0 Å². The molecule has 0 bridgehead atoms. The lowest BCUT2D eigenvalue weighted by Gasteiger charge is -2.41. The SMILES string of the molecule is COc1cc(CN2CC(C)OC(C)(C)C2)cc(Cl)c1O. The van der Waals surface area contributed by atoms with E-state index in [9.17, 15) is 5.11 Å². The number of benzene rings is 1. The maximum atomic E-state index is 9.76. The quantitative estimate of drug-likeness (QED) is 0.931. The summed E-state index contributed by atoms with van der Waals surface area (Å²) < 4.78 is 11.0. The number of morpholine rings is 1. The fraction of sp³-hybridized carbons (Fsp3) is 0.600. The van der Waals surface area contributed by atoms with E-state index in [4.69, 9.17) is 21.1 Å². The third kappa shape index (κ3) is 3.57. The first kappa shape index (κ1) is 15.4. The minimum atomic E-state index is -0.150. The van der Waals surface area contributed by atoms with Crippen LogP contribution in [0.15, 0.2) is 12.1 Å². The van der Waals surface area contributed by atoms with Gasteiger partial charge in [-0.25, -0.2) is 0 Å². The maximum absolute atomic E-state index is 9.76. The van der Waals surface area contributed by atoms with Crippen LogP contribution in [0, 0.1) is 0 Å². The van der Waals surface area contributed by atoms with Crippen molar-refractivity contribution in [3.05, 3.63) is 22.7 Å². The molecule has 1 N–H and O–H groups in total. The topological polar surface area (TPSA) is 41.9 Å². The summed E-state index contributed by atoms with van der Waals surface area (Å²) in [5.74, 6) is 0.404. The van der Waals surface area contributed by atoms with E-state index in [1.165, 1.54) is 7.11 Å². The highest BCUT2D eigenvalue weighted by Gasteiger charge is 2.31. The highest BCUT2D eigenvalue weighted by Crippen LogP contribution is 2.35. The Kier molecular flexibility index (Phi) is 4.47. The molecule has 1 aliphatic rings. The molecule has 2 rings (SSSR count). The molecule has 0 aliphatic carbocycles. The summed E-state index contributed by atoms with van der Waals surface area (Å²) in [7, 11) is 1.52. The number of phenols is 1. The van der Waals surface area contributed by atoms with Crippen LogP contribution in [0.2, 0.25) is 5.02 Å². The molecule has 5 heteroatoms. The largest absolute Gasteiger partial charge is 0.503 e. The number of rotatable bonds is 3. The summed E-state index contributed by atoms with van der Waals surface area (Å²) in [5.41, 5.74) is 0.872. The number of methoxy groups -OCH3 is 1. The Morgan fingerprint density at radius 2 is 2.20 bits per heavy atom. The number of aromatic hydroxyl groups is 1. The van der Waals surface area contributed by atoms with Crippen molar-refractivity contribution in [3.8, 4) is 11.5 Å². The van der Waals surface area contributed by atoms with E-state index in [2.05, 4.69) is 25.7 Å². The lowest BCUT2D eigenvalue weighted by Crippen LogP contribution is -2.51. The highest BCUT2D eigenvalue weighted by molar-refractivity contribution is 6.32. The van der Waals surface area contributed by atoms with E-state index in [0.29, 0.717) is 10.8 Å². The van der Waals surface area contributed by atoms with Crippen LogP contribution in [0.3, 0.4) is 0 Å². The first-order valence-electron chi connectivity index (χ1n) is 6.76. The molecule has 4 nitrogen and oxygen atoms in total. The molecule has 1 heterocycles. The fourth-order valence-electron chi connectivity index (χ4n) is 2.84. The van der Waals surface area contributed by atoms with Crippen molar-refractivity contribution < 1.29 is 14.6 Å². The van der Waals surface area contributed by atoms with Crippen LogP contribution in [0.4, 0.5) is 0 Å². The van der Waals surface area contributed by atoms with Gasteiger partial charge in [-0.3, -0.25) is 4.90 Å². The number of hydrogen-bond donors (Lipinski definition) is 1. The molecule has 0 amide bonds. The van der Waals surface area contributed by atoms with E-state index in [-0.39, 0.29) is 17.5 Å². The first-order chi connectivity index (χ1) is 9.30. The van der Waals surface area contributed by atoms with Crippen molar-refractivity contribution in [2.75, 3.05) is 20.2 Å². The van der Waals surface area contributed by atoms with Crippen LogP contribution in [-0.2, 0) is 11.3 Å². The minimum Gasteiger partial charge on any atom is -0.503 e. The first-order valence-corrected chi connectivity index (χ1v) is 7.14. The summed E-state index contributed by atoms with van der Waals surface area (Å²) in [6.07, 6.45) is 0.202.